The smallest absolute Gasteiger partial charge is 0.108 e. The molecule has 4 heteroatoms. The van der Waals surface area contributed by atoms with E-state index in [0.717, 1.165) is 21.1 Å². The second-order valence-electron chi connectivity index (χ2n) is 3.56. The number of halogens is 1. The number of rotatable bonds is 2. The normalized spacial score (nSPS) is 12.6. The van der Waals surface area contributed by atoms with Crippen LogP contribution >= 0.6 is 15.9 Å². The number of fused-ring (bicyclic) bond motifs is 1. The van der Waals surface area contributed by atoms with Crippen molar-refractivity contribution in [2.45, 2.75) is 19.3 Å². The van der Waals surface area contributed by atoms with E-state index in [1.54, 1.807) is 0 Å². The molecule has 0 saturated heterocycles. The van der Waals surface area contributed by atoms with Gasteiger partial charge in [-0.3, -0.25) is 0 Å². The molecular formula is C11H10BrN3. The van der Waals surface area contributed by atoms with E-state index in [2.05, 4.69) is 32.0 Å². The summed E-state index contributed by atoms with van der Waals surface area (Å²) in [5, 5.41) is 9.77. The zero-order chi connectivity index (χ0) is 10.8. The monoisotopic (exact) mass is 263 g/mol. The summed E-state index contributed by atoms with van der Waals surface area (Å²) in [6, 6.07) is 4.13. The molecule has 0 aromatic carbocycles. The summed E-state index contributed by atoms with van der Waals surface area (Å²) in [5.41, 5.74) is 2.21. The molecule has 0 bridgehead atoms. The van der Waals surface area contributed by atoms with E-state index >= 15 is 0 Å². The first-order valence-corrected chi connectivity index (χ1v) is 5.51. The highest BCUT2D eigenvalue weighted by atomic mass is 79.9. The molecule has 0 aliphatic rings. The summed E-state index contributed by atoms with van der Waals surface area (Å²) in [6.07, 6.45) is 4.32. The van der Waals surface area contributed by atoms with Crippen molar-refractivity contribution in [1.29, 1.82) is 5.26 Å². The molecule has 1 N–H and O–H groups in total. The first kappa shape index (κ1) is 10.2. The SMILES string of the molecule is CC(CC#N)c1c[nH]c2cc(Br)ncc12. The Morgan fingerprint density at radius 1 is 1.67 bits per heavy atom. The summed E-state index contributed by atoms with van der Waals surface area (Å²) in [7, 11) is 0. The van der Waals surface area contributed by atoms with Crippen molar-refractivity contribution >= 4 is 26.8 Å². The standard InChI is InChI=1S/C11H10BrN3/c1-7(2-3-13)8-5-14-10-4-11(12)15-6-9(8)10/h4-7,14H,2H2,1H3. The number of hydrogen-bond acceptors (Lipinski definition) is 2. The molecule has 2 heterocycles. The Hall–Kier alpha value is -1.34. The predicted molar refractivity (Wildman–Crippen MR) is 62.4 cm³/mol. The van der Waals surface area contributed by atoms with Crippen molar-refractivity contribution in [3.05, 3.63) is 28.6 Å². The second-order valence-corrected chi connectivity index (χ2v) is 4.37. The average Bonchev–Trinajstić information content (AvgIpc) is 2.60. The van der Waals surface area contributed by atoms with E-state index in [0.29, 0.717) is 6.42 Å². The third kappa shape index (κ3) is 1.88. The number of nitriles is 1. The van der Waals surface area contributed by atoms with Gasteiger partial charge in [0.2, 0.25) is 0 Å². The summed E-state index contributed by atoms with van der Waals surface area (Å²) in [5.74, 6) is 0.242. The lowest BCUT2D eigenvalue weighted by Gasteiger charge is -2.04. The number of nitrogens with zero attached hydrogens (tertiary/aromatic N) is 2. The molecule has 0 amide bonds. The van der Waals surface area contributed by atoms with E-state index in [9.17, 15) is 0 Å². The van der Waals surface area contributed by atoms with Crippen molar-refractivity contribution in [3.63, 3.8) is 0 Å². The first-order chi connectivity index (χ1) is 7.22. The highest BCUT2D eigenvalue weighted by molar-refractivity contribution is 9.10. The quantitative estimate of drug-likeness (QED) is 0.845. The topological polar surface area (TPSA) is 52.5 Å². The lowest BCUT2D eigenvalue weighted by atomic mass is 9.99. The molecule has 0 fully saturated rings. The van der Waals surface area contributed by atoms with Crippen molar-refractivity contribution in [2.24, 2.45) is 0 Å². The zero-order valence-electron chi connectivity index (χ0n) is 8.29. The maximum Gasteiger partial charge on any atom is 0.108 e. The molecule has 2 aromatic heterocycles. The molecule has 2 aromatic rings. The minimum absolute atomic E-state index is 0.242. The fraction of sp³-hybridized carbons (Fsp3) is 0.273. The number of nitrogens with one attached hydrogen (secondary N) is 1. The minimum Gasteiger partial charge on any atom is -0.361 e. The highest BCUT2D eigenvalue weighted by Gasteiger charge is 2.11. The molecule has 0 aliphatic carbocycles. The number of H-pyrrole nitrogens is 1. The Bertz CT molecular complexity index is 524. The molecule has 15 heavy (non-hydrogen) atoms. The van der Waals surface area contributed by atoms with Crippen LogP contribution in [0.2, 0.25) is 0 Å². The Morgan fingerprint density at radius 3 is 3.20 bits per heavy atom. The Kier molecular flexibility index (Phi) is 2.74. The van der Waals surface area contributed by atoms with Gasteiger partial charge in [0.25, 0.3) is 0 Å². The van der Waals surface area contributed by atoms with Crippen molar-refractivity contribution < 1.29 is 0 Å². The highest BCUT2D eigenvalue weighted by Crippen LogP contribution is 2.27. The van der Waals surface area contributed by atoms with Gasteiger partial charge < -0.3 is 4.98 Å². The first-order valence-electron chi connectivity index (χ1n) is 4.72. The van der Waals surface area contributed by atoms with Gasteiger partial charge >= 0.3 is 0 Å². The lowest BCUT2D eigenvalue weighted by molar-refractivity contribution is 0.796. The van der Waals surface area contributed by atoms with E-state index in [4.69, 9.17) is 5.26 Å². The van der Waals surface area contributed by atoms with Crippen LogP contribution in [0.1, 0.15) is 24.8 Å². The molecule has 0 spiro atoms. The van der Waals surface area contributed by atoms with Gasteiger partial charge in [-0.1, -0.05) is 6.92 Å². The largest absolute Gasteiger partial charge is 0.361 e. The van der Waals surface area contributed by atoms with Gasteiger partial charge in [0.1, 0.15) is 4.60 Å². The Labute approximate surface area is 96.3 Å². The summed E-state index contributed by atoms with van der Waals surface area (Å²) < 4.78 is 0.816. The number of hydrogen-bond donors (Lipinski definition) is 1. The predicted octanol–water partition coefficient (Wildman–Crippen LogP) is 3.34. The van der Waals surface area contributed by atoms with Gasteiger partial charge in [0.15, 0.2) is 0 Å². The molecule has 3 nitrogen and oxygen atoms in total. The maximum atomic E-state index is 8.67. The van der Waals surface area contributed by atoms with Gasteiger partial charge in [0.05, 0.1) is 6.07 Å². The summed E-state index contributed by atoms with van der Waals surface area (Å²) in [4.78, 5) is 7.39. The average molecular weight is 264 g/mol. The van der Waals surface area contributed by atoms with Crippen LogP contribution in [0.5, 0.6) is 0 Å². The van der Waals surface area contributed by atoms with Crippen molar-refractivity contribution in [3.8, 4) is 6.07 Å². The van der Waals surface area contributed by atoms with Crippen LogP contribution in [0.3, 0.4) is 0 Å². The van der Waals surface area contributed by atoms with Gasteiger partial charge in [-0.15, -0.1) is 0 Å². The Balaban J connectivity index is 2.50. The van der Waals surface area contributed by atoms with Gasteiger partial charge in [0, 0.05) is 29.7 Å². The lowest BCUT2D eigenvalue weighted by Crippen LogP contribution is -1.90. The molecule has 1 atom stereocenters. The van der Waals surface area contributed by atoms with E-state index in [1.807, 2.05) is 25.4 Å². The zero-order valence-corrected chi connectivity index (χ0v) is 9.87. The maximum absolute atomic E-state index is 8.67. The van der Waals surface area contributed by atoms with Crippen molar-refractivity contribution in [2.75, 3.05) is 0 Å². The number of pyridine rings is 1. The van der Waals surface area contributed by atoms with Crippen LogP contribution in [-0.4, -0.2) is 9.97 Å². The van der Waals surface area contributed by atoms with Crippen LogP contribution < -0.4 is 0 Å². The third-order valence-corrected chi connectivity index (χ3v) is 2.93. The summed E-state index contributed by atoms with van der Waals surface area (Å²) in [6.45, 7) is 2.05. The fourth-order valence-corrected chi connectivity index (χ4v) is 2.00. The number of aromatic amines is 1. The third-order valence-electron chi connectivity index (χ3n) is 2.49. The Morgan fingerprint density at radius 2 is 2.47 bits per heavy atom. The molecule has 0 radical (unpaired) electrons. The summed E-state index contributed by atoms with van der Waals surface area (Å²) >= 11 is 3.33. The van der Waals surface area contributed by atoms with Crippen LogP contribution in [0, 0.1) is 11.3 Å². The molecule has 76 valence electrons. The number of aromatic nitrogens is 2. The van der Waals surface area contributed by atoms with Gasteiger partial charge in [-0.05, 0) is 33.5 Å². The van der Waals surface area contributed by atoms with E-state index < -0.39 is 0 Å². The molecular weight excluding hydrogens is 254 g/mol. The molecule has 0 aliphatic heterocycles. The van der Waals surface area contributed by atoms with Gasteiger partial charge in [-0.2, -0.15) is 5.26 Å². The van der Waals surface area contributed by atoms with Gasteiger partial charge in [-0.25, -0.2) is 4.98 Å². The van der Waals surface area contributed by atoms with E-state index in [-0.39, 0.29) is 5.92 Å². The minimum atomic E-state index is 0.242. The van der Waals surface area contributed by atoms with E-state index in [1.165, 1.54) is 0 Å². The molecule has 0 saturated carbocycles. The van der Waals surface area contributed by atoms with Crippen molar-refractivity contribution in [1.82, 2.24) is 9.97 Å². The van der Waals surface area contributed by atoms with Crippen LogP contribution in [0.4, 0.5) is 0 Å². The fourth-order valence-electron chi connectivity index (χ4n) is 1.67. The van der Waals surface area contributed by atoms with Crippen LogP contribution in [-0.2, 0) is 0 Å². The molecule has 2 rings (SSSR count). The van der Waals surface area contributed by atoms with Crippen LogP contribution in [0.15, 0.2) is 23.1 Å². The van der Waals surface area contributed by atoms with Crippen LogP contribution in [0.25, 0.3) is 10.9 Å². The molecule has 1 unspecified atom stereocenters. The second kappa shape index (κ2) is 4.03.